The highest BCUT2D eigenvalue weighted by Crippen LogP contribution is 2.10. The minimum atomic E-state index is -1.23. The molecule has 0 radical (unpaired) electrons. The van der Waals surface area contributed by atoms with Gasteiger partial charge in [0.05, 0.1) is 19.1 Å². The van der Waals surface area contributed by atoms with Crippen molar-refractivity contribution in [2.24, 2.45) is 29.0 Å². The molecule has 19 nitrogen and oxygen atoms in total. The maximum absolute atomic E-state index is 13.6. The molecular weight excluding hydrogens is 813 g/mol. The molecule has 6 atom stereocenters. The lowest BCUT2D eigenvalue weighted by Crippen LogP contribution is -2.58. The van der Waals surface area contributed by atoms with Gasteiger partial charge in [0.2, 0.25) is 41.4 Å². The van der Waals surface area contributed by atoms with E-state index in [1.807, 2.05) is 0 Å². The van der Waals surface area contributed by atoms with Gasteiger partial charge in [-0.25, -0.2) is 4.79 Å². The van der Waals surface area contributed by atoms with Crippen molar-refractivity contribution in [1.82, 2.24) is 37.2 Å². The van der Waals surface area contributed by atoms with E-state index >= 15 is 0 Å². The molecule has 0 heterocycles. The summed E-state index contributed by atoms with van der Waals surface area (Å²) < 4.78 is 0. The van der Waals surface area contributed by atoms with Gasteiger partial charge in [0, 0.05) is 12.8 Å². The number of carbonyl (C=O) groups excluding carboxylic acids is 7. The van der Waals surface area contributed by atoms with E-state index in [0.29, 0.717) is 49.9 Å². The number of carbonyl (C=O) groups is 8. The molecule has 0 fully saturated rings. The lowest BCUT2D eigenvalue weighted by molar-refractivity contribution is -0.142. The van der Waals surface area contributed by atoms with Gasteiger partial charge in [-0.05, 0) is 74.6 Å². The van der Waals surface area contributed by atoms with Crippen LogP contribution in [0.1, 0.15) is 77.3 Å². The second-order valence-electron chi connectivity index (χ2n) is 16.1. The van der Waals surface area contributed by atoms with E-state index in [0.717, 1.165) is 0 Å². The van der Waals surface area contributed by atoms with Gasteiger partial charge in [-0.1, -0.05) is 88.4 Å². The molecule has 0 saturated heterocycles. The van der Waals surface area contributed by atoms with Crippen molar-refractivity contribution >= 4 is 47.3 Å². The first-order valence-corrected chi connectivity index (χ1v) is 21.5. The van der Waals surface area contributed by atoms with Crippen LogP contribution in [0.3, 0.4) is 0 Å². The second-order valence-corrected chi connectivity index (χ2v) is 16.1. The van der Waals surface area contributed by atoms with Gasteiger partial charge < -0.3 is 59.5 Å². The summed E-state index contributed by atoms with van der Waals surface area (Å²) in [5.41, 5.74) is 18.6. The zero-order chi connectivity index (χ0) is 46.9. The number of carboxylic acids is 1. The van der Waals surface area contributed by atoms with Crippen molar-refractivity contribution in [2.45, 2.75) is 115 Å². The van der Waals surface area contributed by atoms with Crippen molar-refractivity contribution in [1.29, 1.82) is 0 Å². The highest BCUT2D eigenvalue weighted by Gasteiger charge is 2.31. The molecule has 19 heteroatoms. The van der Waals surface area contributed by atoms with Crippen molar-refractivity contribution in [2.75, 3.05) is 26.2 Å². The molecule has 14 N–H and O–H groups in total. The second kappa shape index (κ2) is 28.6. The van der Waals surface area contributed by atoms with E-state index in [1.54, 1.807) is 88.4 Å². The zero-order valence-corrected chi connectivity index (χ0v) is 36.8. The fourth-order valence-corrected chi connectivity index (χ4v) is 6.32. The zero-order valence-electron chi connectivity index (χ0n) is 36.8. The number of nitrogens with one attached hydrogen (secondary N) is 7. The van der Waals surface area contributed by atoms with Crippen LogP contribution < -0.4 is 54.4 Å². The predicted octanol–water partition coefficient (Wildman–Crippen LogP) is -0.890. The molecule has 2 aromatic carbocycles. The van der Waals surface area contributed by atoms with Gasteiger partial charge >= 0.3 is 5.97 Å². The van der Waals surface area contributed by atoms with Gasteiger partial charge in [-0.15, -0.1) is 0 Å². The van der Waals surface area contributed by atoms with E-state index in [4.69, 9.17) is 17.2 Å². The van der Waals surface area contributed by atoms with Crippen LogP contribution in [0.25, 0.3) is 0 Å². The number of hydrogen-bond donors (Lipinski definition) is 11. The topological polar surface area (TPSA) is 319 Å². The molecule has 2 aromatic rings. The third-order valence-corrected chi connectivity index (χ3v) is 10.1. The molecule has 0 aliphatic rings. The first-order valence-electron chi connectivity index (χ1n) is 21.5. The summed E-state index contributed by atoms with van der Waals surface area (Å²) in [6, 6.07) is 11.1. The Morgan fingerprint density at radius 3 is 1.41 bits per heavy atom. The summed E-state index contributed by atoms with van der Waals surface area (Å²) in [5, 5.41) is 27.8. The molecule has 0 aliphatic carbocycles. The lowest BCUT2D eigenvalue weighted by Gasteiger charge is -2.25. The Morgan fingerprint density at radius 2 is 0.937 bits per heavy atom. The summed E-state index contributed by atoms with van der Waals surface area (Å²) >= 11 is 0. The summed E-state index contributed by atoms with van der Waals surface area (Å²) in [5.74, 6) is -6.65. The number of carboxylic acid groups (broad SMARTS) is 1. The Bertz CT molecular complexity index is 1780. The Kier molecular flexibility index (Phi) is 24.2. The molecule has 0 bridgehead atoms. The first kappa shape index (κ1) is 53.2. The Morgan fingerprint density at radius 1 is 0.508 bits per heavy atom. The molecular formula is C44H68N10O9. The molecule has 0 aromatic heterocycles. The average molecular weight is 881 g/mol. The molecule has 2 rings (SSSR count). The van der Waals surface area contributed by atoms with Gasteiger partial charge in [0.1, 0.15) is 30.2 Å². The number of amides is 7. The standard InChI is InChI=1S/C44H68N10O9/c1-27(2)37(47)42(60)51-31(19-11-13-21-45)40(58)53-33(23-29-15-7-5-8-16-29)39(57)48-26-36(56)54-38(28(3)4)43(61)49-25-35(55)50-34(24-30-17-9-6-10-18-30)41(59)52-32(44(62)63)20-12-14-22-46/h5-10,15-18,27-28,31-34,37-38H,11-14,19-26,45-47H2,1-4H3,(H,48,57)(H,49,61)(H,50,55)(H,51,60)(H,52,59)(H,53,58)(H,54,56)(H,62,63)/t31-,32-,33-,34-,37-,38-/m0/s1. The monoisotopic (exact) mass is 881 g/mol. The van der Waals surface area contributed by atoms with Crippen LogP contribution in [0.5, 0.6) is 0 Å². The molecule has 0 spiro atoms. The van der Waals surface area contributed by atoms with Crippen LogP contribution in [0.4, 0.5) is 0 Å². The Balaban J connectivity index is 2.11. The number of benzene rings is 2. The van der Waals surface area contributed by atoms with Crippen molar-refractivity contribution in [3.8, 4) is 0 Å². The summed E-state index contributed by atoms with van der Waals surface area (Å²) in [4.78, 5) is 105. The first-order chi connectivity index (χ1) is 30.0. The smallest absolute Gasteiger partial charge is 0.326 e. The maximum Gasteiger partial charge on any atom is 0.326 e. The van der Waals surface area contributed by atoms with Gasteiger partial charge in [-0.2, -0.15) is 0 Å². The van der Waals surface area contributed by atoms with Crippen LogP contribution in [0, 0.1) is 11.8 Å². The average Bonchev–Trinajstić information content (AvgIpc) is 3.25. The van der Waals surface area contributed by atoms with Crippen LogP contribution in [0.15, 0.2) is 60.7 Å². The number of rotatable bonds is 29. The third-order valence-electron chi connectivity index (χ3n) is 10.1. The highest BCUT2D eigenvalue weighted by molar-refractivity contribution is 5.96. The van der Waals surface area contributed by atoms with Gasteiger partial charge in [0.15, 0.2) is 0 Å². The van der Waals surface area contributed by atoms with E-state index in [1.165, 1.54) is 0 Å². The summed E-state index contributed by atoms with van der Waals surface area (Å²) in [7, 11) is 0. The number of unbranched alkanes of at least 4 members (excludes halogenated alkanes) is 2. The van der Waals surface area contributed by atoms with Crippen LogP contribution in [-0.2, 0) is 51.2 Å². The lowest BCUT2D eigenvalue weighted by atomic mass is 10.0. The fraction of sp³-hybridized carbons (Fsp3) is 0.545. The highest BCUT2D eigenvalue weighted by atomic mass is 16.4. The van der Waals surface area contributed by atoms with Crippen LogP contribution in [0.2, 0.25) is 0 Å². The number of nitrogens with two attached hydrogens (primary N) is 3. The molecule has 348 valence electrons. The van der Waals surface area contributed by atoms with E-state index in [-0.39, 0.29) is 31.6 Å². The van der Waals surface area contributed by atoms with Crippen LogP contribution in [-0.4, -0.2) is 115 Å². The molecule has 0 aliphatic heterocycles. The van der Waals surface area contributed by atoms with E-state index in [2.05, 4.69) is 37.2 Å². The SMILES string of the molecule is CC(C)[C@H](N)C(=O)N[C@@H](CCCCN)C(=O)N[C@@H](Cc1ccccc1)C(=O)NCC(=O)N[C@H](C(=O)NCC(=O)N[C@@H](Cc1ccccc1)C(=O)N[C@@H](CCCCN)C(=O)O)C(C)C. The van der Waals surface area contributed by atoms with Crippen molar-refractivity contribution in [3.63, 3.8) is 0 Å². The predicted molar refractivity (Wildman–Crippen MR) is 237 cm³/mol. The number of hydrogen-bond acceptors (Lipinski definition) is 11. The van der Waals surface area contributed by atoms with Crippen molar-refractivity contribution in [3.05, 3.63) is 71.8 Å². The fourth-order valence-electron chi connectivity index (χ4n) is 6.32. The summed E-state index contributed by atoms with van der Waals surface area (Å²) in [6.45, 7) is 6.48. The van der Waals surface area contributed by atoms with Gasteiger partial charge in [0.25, 0.3) is 0 Å². The Labute approximate surface area is 369 Å². The molecule has 7 amide bonds. The Hall–Kier alpha value is -5.92. The summed E-state index contributed by atoms with van der Waals surface area (Å²) in [6.07, 6.45) is 2.63. The van der Waals surface area contributed by atoms with E-state index < -0.39 is 103 Å². The third kappa shape index (κ3) is 20.2. The maximum atomic E-state index is 13.6. The molecule has 0 saturated carbocycles. The molecule has 0 unspecified atom stereocenters. The quantitative estimate of drug-likeness (QED) is 0.0444. The number of aliphatic carboxylic acids is 1. The molecule has 63 heavy (non-hydrogen) atoms. The van der Waals surface area contributed by atoms with Crippen LogP contribution >= 0.6 is 0 Å². The van der Waals surface area contributed by atoms with E-state index in [9.17, 15) is 43.5 Å². The minimum absolute atomic E-state index is 0.0344. The normalized spacial score (nSPS) is 13.9. The largest absolute Gasteiger partial charge is 0.480 e. The van der Waals surface area contributed by atoms with Crippen molar-refractivity contribution < 1.29 is 43.5 Å². The van der Waals surface area contributed by atoms with Gasteiger partial charge in [-0.3, -0.25) is 33.6 Å². The minimum Gasteiger partial charge on any atom is -0.480 e.